The number of carbonyl (C=O) groups is 2. The number of nitrogens with zero attached hydrogens (tertiary/aromatic N) is 1. The third-order valence-electron chi connectivity index (χ3n) is 5.23. The van der Waals surface area contributed by atoms with Crippen molar-refractivity contribution >= 4 is 51.0 Å². The van der Waals surface area contributed by atoms with Gasteiger partial charge in [-0.15, -0.1) is 0 Å². The molecule has 1 aromatic heterocycles. The lowest BCUT2D eigenvalue weighted by atomic mass is 10.1. The molecule has 162 valence electrons. The minimum Gasteiger partial charge on any atom is -0.454 e. The second-order valence-electron chi connectivity index (χ2n) is 7.60. The number of rotatable bonds is 5. The van der Waals surface area contributed by atoms with Crippen LogP contribution in [0.1, 0.15) is 11.1 Å². The topological polar surface area (TPSA) is 77.4 Å². The van der Waals surface area contributed by atoms with Gasteiger partial charge in [-0.1, -0.05) is 41.9 Å². The van der Waals surface area contributed by atoms with Crippen LogP contribution >= 0.6 is 11.6 Å². The molecule has 0 aliphatic carbocycles. The molecule has 0 unspecified atom stereocenters. The Morgan fingerprint density at radius 2 is 1.56 bits per heavy atom. The number of nitrogens with one attached hydrogen (secondary N) is 1. The van der Waals surface area contributed by atoms with Gasteiger partial charge in [0.1, 0.15) is 6.54 Å². The number of aryl methyl sites for hydroxylation is 2. The zero-order chi connectivity index (χ0) is 22.8. The third-order valence-corrected chi connectivity index (χ3v) is 5.52. The fourth-order valence-electron chi connectivity index (χ4n) is 3.82. The van der Waals surface area contributed by atoms with E-state index in [0.717, 1.165) is 11.1 Å². The molecule has 0 aliphatic heterocycles. The average molecular weight is 449 g/mol. The van der Waals surface area contributed by atoms with Gasteiger partial charge < -0.3 is 14.6 Å². The number of ether oxygens (including phenoxy) is 1. The van der Waals surface area contributed by atoms with E-state index in [-0.39, 0.29) is 12.0 Å². The van der Waals surface area contributed by atoms with Gasteiger partial charge >= 0.3 is 5.97 Å². The van der Waals surface area contributed by atoms with Crippen molar-refractivity contribution in [3.05, 3.63) is 87.0 Å². The zero-order valence-corrected chi connectivity index (χ0v) is 18.4. The summed E-state index contributed by atoms with van der Waals surface area (Å²) in [6, 6.07) is 17.9. The molecule has 0 atom stereocenters. The largest absolute Gasteiger partial charge is 0.454 e. The van der Waals surface area contributed by atoms with E-state index in [1.54, 1.807) is 59.2 Å². The fraction of sp³-hybridized carbons (Fsp3) is 0.160. The number of para-hydroxylation sites is 2. The number of pyridine rings is 1. The average Bonchev–Trinajstić information content (AvgIpc) is 2.77. The number of carbonyl (C=O) groups excluding carboxylic acids is 2. The second-order valence-corrected chi connectivity index (χ2v) is 8.00. The maximum atomic E-state index is 12.8. The van der Waals surface area contributed by atoms with E-state index < -0.39 is 18.5 Å². The van der Waals surface area contributed by atoms with Gasteiger partial charge in [0.15, 0.2) is 12.0 Å². The number of benzene rings is 3. The Balaban J connectivity index is 1.53. The molecular weight excluding hydrogens is 428 g/mol. The molecule has 4 aromatic rings. The number of anilines is 1. The van der Waals surface area contributed by atoms with E-state index in [4.69, 9.17) is 16.3 Å². The third kappa shape index (κ3) is 4.22. The van der Waals surface area contributed by atoms with Crippen molar-refractivity contribution in [1.82, 2.24) is 4.57 Å². The Morgan fingerprint density at radius 3 is 2.16 bits per heavy atom. The maximum absolute atomic E-state index is 12.8. The Bertz CT molecular complexity index is 1340. The molecule has 6 nitrogen and oxygen atoms in total. The van der Waals surface area contributed by atoms with Crippen molar-refractivity contribution in [3.8, 4) is 0 Å². The normalized spacial score (nSPS) is 11.0. The minimum absolute atomic E-state index is 0.0921. The van der Waals surface area contributed by atoms with Crippen LogP contribution in [-0.2, 0) is 20.9 Å². The van der Waals surface area contributed by atoms with Gasteiger partial charge in [0, 0.05) is 10.8 Å². The summed E-state index contributed by atoms with van der Waals surface area (Å²) in [6.45, 7) is 3.17. The van der Waals surface area contributed by atoms with E-state index in [9.17, 15) is 14.4 Å². The van der Waals surface area contributed by atoms with Crippen molar-refractivity contribution < 1.29 is 14.3 Å². The van der Waals surface area contributed by atoms with Crippen molar-refractivity contribution in [2.45, 2.75) is 20.4 Å². The van der Waals surface area contributed by atoms with Crippen LogP contribution in [0.15, 0.2) is 65.5 Å². The number of aromatic nitrogens is 1. The predicted octanol–water partition coefficient (Wildman–Crippen LogP) is 4.61. The lowest BCUT2D eigenvalue weighted by molar-refractivity contribution is -0.147. The summed E-state index contributed by atoms with van der Waals surface area (Å²) < 4.78 is 6.95. The fourth-order valence-corrected chi connectivity index (χ4v) is 4.19. The predicted molar refractivity (Wildman–Crippen MR) is 126 cm³/mol. The number of esters is 1. The first-order valence-electron chi connectivity index (χ1n) is 10.1. The molecule has 0 saturated heterocycles. The summed E-state index contributed by atoms with van der Waals surface area (Å²) in [4.78, 5) is 37.7. The summed E-state index contributed by atoms with van der Waals surface area (Å²) >= 11 is 6.22. The highest BCUT2D eigenvalue weighted by Crippen LogP contribution is 2.27. The quantitative estimate of drug-likeness (QED) is 0.357. The Labute approximate surface area is 189 Å². The minimum atomic E-state index is -0.592. The molecule has 0 radical (unpaired) electrons. The van der Waals surface area contributed by atoms with Crippen molar-refractivity contribution in [2.75, 3.05) is 11.9 Å². The van der Waals surface area contributed by atoms with E-state index in [1.807, 2.05) is 19.9 Å². The molecule has 1 N–H and O–H groups in total. The first-order valence-corrected chi connectivity index (χ1v) is 10.5. The molecule has 0 spiro atoms. The van der Waals surface area contributed by atoms with Gasteiger partial charge in [0.05, 0.1) is 21.7 Å². The molecule has 1 heterocycles. The number of halogens is 1. The highest BCUT2D eigenvalue weighted by molar-refractivity contribution is 6.34. The molecule has 3 aromatic carbocycles. The van der Waals surface area contributed by atoms with Crippen LogP contribution in [0.4, 0.5) is 5.69 Å². The van der Waals surface area contributed by atoms with E-state index in [2.05, 4.69) is 5.32 Å². The molecule has 0 bridgehead atoms. The van der Waals surface area contributed by atoms with Crippen LogP contribution in [0.2, 0.25) is 5.02 Å². The monoisotopic (exact) mass is 448 g/mol. The first kappa shape index (κ1) is 21.6. The van der Waals surface area contributed by atoms with Crippen LogP contribution in [0.5, 0.6) is 0 Å². The van der Waals surface area contributed by atoms with Crippen LogP contribution in [-0.4, -0.2) is 23.1 Å². The van der Waals surface area contributed by atoms with Crippen molar-refractivity contribution in [2.24, 2.45) is 0 Å². The maximum Gasteiger partial charge on any atom is 0.326 e. The summed E-state index contributed by atoms with van der Waals surface area (Å²) in [6.07, 6.45) is 0. The molecular formula is C25H21ClN2O4. The molecule has 0 saturated carbocycles. The van der Waals surface area contributed by atoms with E-state index >= 15 is 0 Å². The Morgan fingerprint density at radius 1 is 0.969 bits per heavy atom. The highest BCUT2D eigenvalue weighted by atomic mass is 35.5. The first-order chi connectivity index (χ1) is 15.3. The van der Waals surface area contributed by atoms with E-state index in [0.29, 0.717) is 32.5 Å². The summed E-state index contributed by atoms with van der Waals surface area (Å²) in [5.74, 6) is -1.08. The molecule has 7 heteroatoms. The van der Waals surface area contributed by atoms with Crippen molar-refractivity contribution in [1.29, 1.82) is 0 Å². The molecule has 32 heavy (non-hydrogen) atoms. The lowest BCUT2D eigenvalue weighted by Crippen LogP contribution is -2.24. The molecule has 0 aliphatic rings. The van der Waals surface area contributed by atoms with Crippen molar-refractivity contribution in [3.63, 3.8) is 0 Å². The molecule has 0 fully saturated rings. The number of hydrogen-bond acceptors (Lipinski definition) is 4. The van der Waals surface area contributed by atoms with Gasteiger partial charge in [0.2, 0.25) is 0 Å². The smallest absolute Gasteiger partial charge is 0.326 e. The summed E-state index contributed by atoms with van der Waals surface area (Å²) in [7, 11) is 0. The van der Waals surface area contributed by atoms with Gasteiger partial charge in [-0.25, -0.2) is 0 Å². The van der Waals surface area contributed by atoms with Crippen LogP contribution in [0.25, 0.3) is 21.8 Å². The van der Waals surface area contributed by atoms with Crippen LogP contribution in [0.3, 0.4) is 0 Å². The number of amides is 1. The van der Waals surface area contributed by atoms with Gasteiger partial charge in [-0.2, -0.15) is 0 Å². The van der Waals surface area contributed by atoms with Gasteiger partial charge in [-0.3, -0.25) is 14.4 Å². The SMILES string of the molecule is Cc1cc(C)c(NC(=O)COC(=O)Cn2c3ccccc3c(=O)c3ccccc32)c(Cl)c1. The molecule has 1 amide bonds. The summed E-state index contributed by atoms with van der Waals surface area (Å²) in [5, 5.41) is 4.15. The standard InChI is InChI=1S/C25H21ClN2O4/c1-15-11-16(2)24(19(26)12-15)27-22(29)14-32-23(30)13-28-20-9-5-3-7-17(20)25(31)18-8-4-6-10-21(18)28/h3-12H,13-14H2,1-2H3,(H,27,29). The van der Waals surface area contributed by atoms with Crippen LogP contribution in [0, 0.1) is 13.8 Å². The second kappa shape index (κ2) is 8.85. The Hall–Kier alpha value is -3.64. The summed E-state index contributed by atoms with van der Waals surface area (Å²) in [5.41, 5.74) is 3.46. The number of hydrogen-bond donors (Lipinski definition) is 1. The van der Waals surface area contributed by atoms with E-state index in [1.165, 1.54) is 0 Å². The zero-order valence-electron chi connectivity index (χ0n) is 17.6. The highest BCUT2D eigenvalue weighted by Gasteiger charge is 2.15. The van der Waals surface area contributed by atoms with Gasteiger partial charge in [0.25, 0.3) is 5.91 Å². The molecule has 4 rings (SSSR count). The van der Waals surface area contributed by atoms with Gasteiger partial charge in [-0.05, 0) is 55.3 Å². The number of fused-ring (bicyclic) bond motifs is 2. The lowest BCUT2D eigenvalue weighted by Gasteiger charge is -2.15. The Kier molecular flexibility index (Phi) is 5.97. The van der Waals surface area contributed by atoms with Crippen LogP contribution < -0.4 is 10.7 Å².